The Hall–Kier alpha value is -0.893. The average molecular weight is 412 g/mol. The molecule has 0 bridgehead atoms. The summed E-state index contributed by atoms with van der Waals surface area (Å²) in [5.74, 6) is -2.45. The van der Waals surface area contributed by atoms with Crippen LogP contribution in [-0.4, -0.2) is 51.3 Å². The average Bonchev–Trinajstić information content (AvgIpc) is 2.41. The van der Waals surface area contributed by atoms with Gasteiger partial charge >= 0.3 is 19.7 Å². The first-order chi connectivity index (χ1) is 11.7. The first kappa shape index (κ1) is 25.1. The van der Waals surface area contributed by atoms with Crippen LogP contribution < -0.4 is 5.32 Å². The minimum absolute atomic E-state index is 0.0476. The van der Waals surface area contributed by atoms with Gasteiger partial charge in [-0.2, -0.15) is 0 Å². The lowest BCUT2D eigenvalue weighted by atomic mass is 10.2. The van der Waals surface area contributed by atoms with Crippen molar-refractivity contribution in [3.05, 3.63) is 0 Å². The van der Waals surface area contributed by atoms with Crippen LogP contribution in [0.5, 0.6) is 0 Å². The van der Waals surface area contributed by atoms with Crippen molar-refractivity contribution < 1.29 is 32.7 Å². The van der Waals surface area contributed by atoms with E-state index in [9.17, 15) is 14.2 Å². The predicted octanol–water partition coefficient (Wildman–Crippen LogP) is 3.98. The van der Waals surface area contributed by atoms with Gasteiger partial charge in [0.15, 0.2) is 0 Å². The lowest BCUT2D eigenvalue weighted by Crippen LogP contribution is -2.45. The Morgan fingerprint density at radius 2 is 1.58 bits per heavy atom. The van der Waals surface area contributed by atoms with Gasteiger partial charge in [0, 0.05) is 8.07 Å². The molecule has 1 atom stereocenters. The number of amides is 1. The monoisotopic (exact) mass is 411 g/mol. The number of ether oxygens (including phenoxy) is 2. The first-order valence-electron chi connectivity index (χ1n) is 8.79. The zero-order valence-electron chi connectivity index (χ0n) is 17.2. The second-order valence-electron chi connectivity index (χ2n) is 7.90. The molecule has 1 unspecified atom stereocenters. The van der Waals surface area contributed by atoms with Crippen LogP contribution >= 0.6 is 7.60 Å². The summed E-state index contributed by atoms with van der Waals surface area (Å²) in [6.45, 7) is 15.0. The third-order valence-electron chi connectivity index (χ3n) is 2.91. The summed E-state index contributed by atoms with van der Waals surface area (Å²) >= 11 is 0. The lowest BCUT2D eigenvalue weighted by molar-refractivity contribution is -0.143. The van der Waals surface area contributed by atoms with Gasteiger partial charge in [0.05, 0.1) is 19.8 Å². The predicted molar refractivity (Wildman–Crippen MR) is 103 cm³/mol. The zero-order chi connectivity index (χ0) is 20.6. The summed E-state index contributed by atoms with van der Waals surface area (Å²) in [6, 6.07) is 0.742. The lowest BCUT2D eigenvalue weighted by Gasteiger charge is -2.27. The smallest absolute Gasteiger partial charge is 0.408 e. The number of hydrogen-bond donors (Lipinski definition) is 1. The Kier molecular flexibility index (Phi) is 10.1. The number of nitrogens with one attached hydrogen (secondary N) is 1. The molecule has 0 saturated carbocycles. The third kappa shape index (κ3) is 10.3. The number of hydrogen-bond acceptors (Lipinski definition) is 7. The van der Waals surface area contributed by atoms with Gasteiger partial charge in [-0.1, -0.05) is 19.6 Å². The molecule has 0 aliphatic rings. The van der Waals surface area contributed by atoms with Crippen molar-refractivity contribution in [2.45, 2.75) is 71.7 Å². The van der Waals surface area contributed by atoms with E-state index >= 15 is 0 Å². The van der Waals surface area contributed by atoms with Crippen molar-refractivity contribution >= 4 is 27.7 Å². The van der Waals surface area contributed by atoms with Crippen LogP contribution in [0.2, 0.25) is 25.7 Å². The molecule has 0 aromatic rings. The molecule has 1 amide bonds. The largest absolute Gasteiger partial charge is 0.464 e. The molecule has 0 radical (unpaired) electrons. The highest BCUT2D eigenvalue weighted by molar-refractivity contribution is 7.55. The van der Waals surface area contributed by atoms with Crippen LogP contribution in [0.15, 0.2) is 0 Å². The van der Waals surface area contributed by atoms with Gasteiger partial charge in [-0.15, -0.1) is 0 Å². The normalized spacial score (nSPS) is 13.8. The number of esters is 1. The van der Waals surface area contributed by atoms with Crippen molar-refractivity contribution in [2.24, 2.45) is 0 Å². The van der Waals surface area contributed by atoms with E-state index in [0.29, 0.717) is 0 Å². The van der Waals surface area contributed by atoms with Gasteiger partial charge in [0.2, 0.25) is 5.78 Å². The Bertz CT molecular complexity index is 504. The van der Waals surface area contributed by atoms with E-state index in [1.165, 1.54) is 0 Å². The SMILES string of the molecule is CCOP(=O)(OCC)C(NC(=O)OC(C)(C)C)C(=O)OCC[Si](C)(C)C. The van der Waals surface area contributed by atoms with Gasteiger partial charge in [0.1, 0.15) is 5.60 Å². The molecule has 0 aromatic heterocycles. The number of rotatable bonds is 10. The molecule has 10 heteroatoms. The van der Waals surface area contributed by atoms with Gasteiger partial charge in [-0.25, -0.2) is 9.59 Å². The molecule has 8 nitrogen and oxygen atoms in total. The van der Waals surface area contributed by atoms with E-state index in [-0.39, 0.29) is 19.8 Å². The van der Waals surface area contributed by atoms with E-state index in [0.717, 1.165) is 6.04 Å². The van der Waals surface area contributed by atoms with Crippen molar-refractivity contribution in [3.8, 4) is 0 Å². The van der Waals surface area contributed by atoms with Gasteiger partial charge in [0.25, 0.3) is 0 Å². The molecule has 154 valence electrons. The van der Waals surface area contributed by atoms with Crippen LogP contribution in [0.3, 0.4) is 0 Å². The fourth-order valence-corrected chi connectivity index (χ4v) is 4.17. The molecule has 0 heterocycles. The van der Waals surface area contributed by atoms with Crippen molar-refractivity contribution in [1.29, 1.82) is 0 Å². The quantitative estimate of drug-likeness (QED) is 0.330. The Balaban J connectivity index is 5.34. The maximum atomic E-state index is 13.0. The highest BCUT2D eigenvalue weighted by Gasteiger charge is 2.44. The summed E-state index contributed by atoms with van der Waals surface area (Å²) in [5.41, 5.74) is -0.780. The van der Waals surface area contributed by atoms with E-state index in [4.69, 9.17) is 18.5 Å². The summed E-state index contributed by atoms with van der Waals surface area (Å²) in [5, 5.41) is 2.29. The number of carbonyl (C=O) groups is 2. The molecule has 0 fully saturated rings. The van der Waals surface area contributed by atoms with Crippen molar-refractivity contribution in [3.63, 3.8) is 0 Å². The fourth-order valence-electron chi connectivity index (χ4n) is 1.77. The first-order valence-corrected chi connectivity index (χ1v) is 14.1. The maximum absolute atomic E-state index is 13.0. The van der Waals surface area contributed by atoms with Gasteiger partial charge in [-0.3, -0.25) is 9.88 Å². The highest BCUT2D eigenvalue weighted by atomic mass is 31.2. The molecule has 1 N–H and O–H groups in total. The third-order valence-corrected chi connectivity index (χ3v) is 6.82. The van der Waals surface area contributed by atoms with Crippen molar-refractivity contribution in [2.75, 3.05) is 19.8 Å². The summed E-state index contributed by atoms with van der Waals surface area (Å²) < 4.78 is 33.8. The summed E-state index contributed by atoms with van der Waals surface area (Å²) in [6.07, 6.45) is -0.899. The van der Waals surface area contributed by atoms with Gasteiger partial charge < -0.3 is 18.5 Å². The molecule has 0 aliphatic carbocycles. The molecule has 0 saturated heterocycles. The van der Waals surface area contributed by atoms with Crippen molar-refractivity contribution in [1.82, 2.24) is 5.32 Å². The maximum Gasteiger partial charge on any atom is 0.408 e. The molecular weight excluding hydrogens is 377 g/mol. The fraction of sp³-hybridized carbons (Fsp3) is 0.875. The highest BCUT2D eigenvalue weighted by Crippen LogP contribution is 2.52. The van der Waals surface area contributed by atoms with Crippen LogP contribution in [-0.2, 0) is 27.9 Å². The zero-order valence-corrected chi connectivity index (χ0v) is 19.1. The van der Waals surface area contributed by atoms with E-state index in [1.54, 1.807) is 34.6 Å². The topological polar surface area (TPSA) is 100 Å². The summed E-state index contributed by atoms with van der Waals surface area (Å²) in [4.78, 5) is 24.6. The van der Waals surface area contributed by atoms with E-state index in [1.807, 2.05) is 0 Å². The second-order valence-corrected chi connectivity index (χ2v) is 15.6. The van der Waals surface area contributed by atoms with E-state index in [2.05, 4.69) is 25.0 Å². The molecule has 0 spiro atoms. The Morgan fingerprint density at radius 3 is 1.96 bits per heavy atom. The Morgan fingerprint density at radius 1 is 1.08 bits per heavy atom. The van der Waals surface area contributed by atoms with Gasteiger partial charge in [-0.05, 0) is 40.7 Å². The number of carbonyl (C=O) groups excluding carboxylic acids is 2. The minimum Gasteiger partial charge on any atom is -0.464 e. The van der Waals surface area contributed by atoms with Crippen LogP contribution in [0.25, 0.3) is 0 Å². The molecule has 0 aliphatic heterocycles. The van der Waals surface area contributed by atoms with Crippen LogP contribution in [0, 0.1) is 0 Å². The summed E-state index contributed by atoms with van der Waals surface area (Å²) in [7, 11) is -5.38. The molecule has 26 heavy (non-hydrogen) atoms. The number of alkyl carbamates (subject to hydrolysis) is 1. The second kappa shape index (κ2) is 10.4. The van der Waals surface area contributed by atoms with E-state index < -0.39 is 39.1 Å². The molecular formula is C16H34NO7PSi. The Labute approximate surface area is 157 Å². The van der Waals surface area contributed by atoms with Crippen LogP contribution in [0.4, 0.5) is 4.79 Å². The molecule has 0 aromatic carbocycles. The minimum atomic E-state index is -3.96. The molecule has 0 rings (SSSR count). The standard InChI is InChI=1S/C16H34NO7PSi/c1-9-22-25(20,23-10-2)13(17-15(19)24-16(3,4)5)14(18)21-11-12-26(6,7)8/h13H,9-12H2,1-8H3,(H,17,19). The van der Waals surface area contributed by atoms with Crippen LogP contribution in [0.1, 0.15) is 34.6 Å².